The Balaban J connectivity index is 2.33. The largest absolute Gasteiger partial charge is 0.457 e. The van der Waals surface area contributed by atoms with Crippen LogP contribution in [0.15, 0.2) is 28.7 Å². The smallest absolute Gasteiger partial charge is 0.152 e. The molecule has 2 atom stereocenters. The van der Waals surface area contributed by atoms with Crippen LogP contribution in [0.1, 0.15) is 25.7 Å². The van der Waals surface area contributed by atoms with Crippen LogP contribution in [-0.2, 0) is 4.74 Å². The van der Waals surface area contributed by atoms with E-state index in [1.807, 2.05) is 26.0 Å². The first kappa shape index (κ1) is 12.4. The lowest BCUT2D eigenvalue weighted by atomic mass is 10.1. The molecule has 0 fully saturated rings. The van der Waals surface area contributed by atoms with Gasteiger partial charge in [0.1, 0.15) is 11.9 Å². The normalized spacial score (nSPS) is 15.1. The summed E-state index contributed by atoms with van der Waals surface area (Å²) >= 11 is 6.01. The van der Waals surface area contributed by atoms with E-state index in [1.165, 1.54) is 0 Å². The van der Waals surface area contributed by atoms with Gasteiger partial charge in [-0.3, -0.25) is 0 Å². The lowest BCUT2D eigenvalue weighted by molar-refractivity contribution is -0.0312. The first-order chi connectivity index (χ1) is 8.13. The summed E-state index contributed by atoms with van der Waals surface area (Å²) in [5.41, 5.74) is 0.604. The van der Waals surface area contributed by atoms with E-state index in [9.17, 15) is 5.11 Å². The van der Waals surface area contributed by atoms with Crippen molar-refractivity contribution in [1.29, 1.82) is 0 Å². The molecule has 1 N–H and O–H groups in total. The first-order valence-corrected chi connectivity index (χ1v) is 5.99. The molecule has 17 heavy (non-hydrogen) atoms. The van der Waals surface area contributed by atoms with E-state index < -0.39 is 6.10 Å². The highest BCUT2D eigenvalue weighted by atomic mass is 35.5. The van der Waals surface area contributed by atoms with Gasteiger partial charge in [-0.1, -0.05) is 23.7 Å². The van der Waals surface area contributed by atoms with Crippen LogP contribution in [0, 0.1) is 0 Å². The molecule has 1 aromatic heterocycles. The van der Waals surface area contributed by atoms with E-state index >= 15 is 0 Å². The Bertz CT molecular complexity index is 506. The predicted molar refractivity (Wildman–Crippen MR) is 67.3 cm³/mol. The summed E-state index contributed by atoms with van der Waals surface area (Å²) in [6.07, 6.45) is -1.09. The van der Waals surface area contributed by atoms with Crippen molar-refractivity contribution in [3.63, 3.8) is 0 Å². The molecule has 0 saturated heterocycles. The standard InChI is InChI=1S/C13H15ClO3/c1-3-16-8(2)12(15)11-7-9-5-4-6-10(14)13(9)17-11/h4-8,12,15H,3H2,1-2H3. The number of ether oxygens (including phenoxy) is 1. The van der Waals surface area contributed by atoms with Crippen LogP contribution in [0.3, 0.4) is 0 Å². The minimum absolute atomic E-state index is 0.306. The van der Waals surface area contributed by atoms with Gasteiger partial charge in [0.25, 0.3) is 0 Å². The molecule has 3 nitrogen and oxygen atoms in total. The van der Waals surface area contributed by atoms with Gasteiger partial charge in [0.05, 0.1) is 11.1 Å². The van der Waals surface area contributed by atoms with Gasteiger partial charge in [0.15, 0.2) is 5.58 Å². The molecule has 0 radical (unpaired) electrons. The van der Waals surface area contributed by atoms with Gasteiger partial charge in [0.2, 0.25) is 0 Å². The molecule has 0 aliphatic rings. The van der Waals surface area contributed by atoms with Crippen molar-refractivity contribution in [1.82, 2.24) is 0 Å². The molecule has 0 bridgehead atoms. The summed E-state index contributed by atoms with van der Waals surface area (Å²) in [7, 11) is 0. The van der Waals surface area contributed by atoms with Gasteiger partial charge in [-0.15, -0.1) is 0 Å². The van der Waals surface area contributed by atoms with Crippen molar-refractivity contribution in [2.75, 3.05) is 6.61 Å². The average Bonchev–Trinajstić information content (AvgIpc) is 2.73. The number of para-hydroxylation sites is 1. The number of fused-ring (bicyclic) bond motifs is 1. The number of halogens is 1. The Kier molecular flexibility index (Phi) is 3.72. The van der Waals surface area contributed by atoms with E-state index in [4.69, 9.17) is 20.8 Å². The first-order valence-electron chi connectivity index (χ1n) is 5.61. The van der Waals surface area contributed by atoms with Crippen LogP contribution in [-0.4, -0.2) is 17.8 Å². The molecule has 2 rings (SSSR count). The molecule has 4 heteroatoms. The van der Waals surface area contributed by atoms with Gasteiger partial charge in [0, 0.05) is 12.0 Å². The molecule has 2 unspecified atom stereocenters. The van der Waals surface area contributed by atoms with Crippen molar-refractivity contribution >= 4 is 22.6 Å². The topological polar surface area (TPSA) is 42.6 Å². The third-order valence-electron chi connectivity index (χ3n) is 2.68. The second-order valence-corrected chi connectivity index (χ2v) is 4.32. The van der Waals surface area contributed by atoms with Crippen LogP contribution in [0.5, 0.6) is 0 Å². The van der Waals surface area contributed by atoms with Crippen LogP contribution >= 0.6 is 11.6 Å². The fraction of sp³-hybridized carbons (Fsp3) is 0.385. The zero-order valence-electron chi connectivity index (χ0n) is 9.81. The Morgan fingerprint density at radius 2 is 2.24 bits per heavy atom. The Morgan fingerprint density at radius 3 is 2.88 bits per heavy atom. The summed E-state index contributed by atoms with van der Waals surface area (Å²) in [4.78, 5) is 0. The number of aliphatic hydroxyl groups excluding tert-OH is 1. The molecule has 0 saturated carbocycles. The third-order valence-corrected chi connectivity index (χ3v) is 2.98. The SMILES string of the molecule is CCOC(C)C(O)c1cc2cccc(Cl)c2o1. The Morgan fingerprint density at radius 1 is 1.47 bits per heavy atom. The zero-order valence-corrected chi connectivity index (χ0v) is 10.6. The molecular formula is C13H15ClO3. The van der Waals surface area contributed by atoms with Gasteiger partial charge < -0.3 is 14.3 Å². The van der Waals surface area contributed by atoms with E-state index in [0.717, 1.165) is 5.39 Å². The van der Waals surface area contributed by atoms with Crippen molar-refractivity contribution in [2.45, 2.75) is 26.1 Å². The van der Waals surface area contributed by atoms with Crippen molar-refractivity contribution in [3.05, 3.63) is 35.0 Å². The molecule has 0 aliphatic heterocycles. The van der Waals surface area contributed by atoms with Gasteiger partial charge in [-0.05, 0) is 26.0 Å². The molecule has 92 valence electrons. The second kappa shape index (κ2) is 5.08. The van der Waals surface area contributed by atoms with E-state index in [1.54, 1.807) is 12.1 Å². The monoisotopic (exact) mass is 254 g/mol. The molecule has 1 heterocycles. The third kappa shape index (κ3) is 2.46. The van der Waals surface area contributed by atoms with Crippen molar-refractivity contribution < 1.29 is 14.3 Å². The van der Waals surface area contributed by atoms with Gasteiger partial charge >= 0.3 is 0 Å². The average molecular weight is 255 g/mol. The van der Waals surface area contributed by atoms with Crippen molar-refractivity contribution in [2.24, 2.45) is 0 Å². The van der Waals surface area contributed by atoms with Crippen LogP contribution in [0.4, 0.5) is 0 Å². The molecule has 0 amide bonds. The van der Waals surface area contributed by atoms with Gasteiger partial charge in [-0.25, -0.2) is 0 Å². The fourth-order valence-electron chi connectivity index (χ4n) is 1.78. The Hall–Kier alpha value is -1.03. The number of benzene rings is 1. The fourth-order valence-corrected chi connectivity index (χ4v) is 2.00. The van der Waals surface area contributed by atoms with Gasteiger partial charge in [-0.2, -0.15) is 0 Å². The molecular weight excluding hydrogens is 240 g/mol. The summed E-state index contributed by atoms with van der Waals surface area (Å²) in [5.74, 6) is 0.481. The molecule has 2 aromatic rings. The lowest BCUT2D eigenvalue weighted by Gasteiger charge is -2.16. The summed E-state index contributed by atoms with van der Waals surface area (Å²) < 4.78 is 10.9. The maximum atomic E-state index is 10.1. The quantitative estimate of drug-likeness (QED) is 0.907. The van der Waals surface area contributed by atoms with Crippen LogP contribution < -0.4 is 0 Å². The summed E-state index contributed by atoms with van der Waals surface area (Å²) in [5, 5.41) is 11.5. The highest BCUT2D eigenvalue weighted by molar-refractivity contribution is 6.34. The number of furan rings is 1. The molecule has 1 aromatic carbocycles. The minimum Gasteiger partial charge on any atom is -0.457 e. The zero-order chi connectivity index (χ0) is 12.4. The van der Waals surface area contributed by atoms with Crippen LogP contribution in [0.2, 0.25) is 5.02 Å². The summed E-state index contributed by atoms with van der Waals surface area (Å²) in [6, 6.07) is 7.30. The Labute approximate surface area is 105 Å². The lowest BCUT2D eigenvalue weighted by Crippen LogP contribution is -2.18. The molecule has 0 aliphatic carbocycles. The number of hydrogen-bond acceptors (Lipinski definition) is 3. The predicted octanol–water partition coefficient (Wildman–Crippen LogP) is 3.54. The number of rotatable bonds is 4. The van der Waals surface area contributed by atoms with E-state index in [2.05, 4.69) is 0 Å². The number of hydrogen-bond donors (Lipinski definition) is 1. The summed E-state index contributed by atoms with van der Waals surface area (Å²) in [6.45, 7) is 4.25. The van der Waals surface area contributed by atoms with Crippen LogP contribution in [0.25, 0.3) is 11.0 Å². The van der Waals surface area contributed by atoms with Crippen molar-refractivity contribution in [3.8, 4) is 0 Å². The van der Waals surface area contributed by atoms with E-state index in [-0.39, 0.29) is 6.10 Å². The highest BCUT2D eigenvalue weighted by Crippen LogP contribution is 2.30. The van der Waals surface area contributed by atoms with E-state index in [0.29, 0.717) is 23.0 Å². The number of aliphatic hydroxyl groups is 1. The molecule has 0 spiro atoms. The highest BCUT2D eigenvalue weighted by Gasteiger charge is 2.21. The maximum absolute atomic E-state index is 10.1. The maximum Gasteiger partial charge on any atom is 0.152 e. The second-order valence-electron chi connectivity index (χ2n) is 3.91. The minimum atomic E-state index is -0.779.